The number of amides is 6. The van der Waals surface area contributed by atoms with Gasteiger partial charge >= 0.3 is 17.9 Å². The summed E-state index contributed by atoms with van der Waals surface area (Å²) in [7, 11) is 0. The lowest BCUT2D eigenvalue weighted by Crippen LogP contribution is -2.41. The first kappa shape index (κ1) is 114. The van der Waals surface area contributed by atoms with Crippen molar-refractivity contribution < 1.29 is 120 Å². The number of carbonyl (C=O) groups is 13. The molecule has 0 bridgehead atoms. The van der Waals surface area contributed by atoms with E-state index in [1.54, 1.807) is 36.4 Å². The van der Waals surface area contributed by atoms with Crippen molar-refractivity contribution in [2.45, 2.75) is 147 Å². The predicted octanol–water partition coefficient (Wildman–Crippen LogP) is 1.32. The SMILES string of the molecule is CC(=O)CC(COCCC(=O)NCCOCCOCCCC(=O)CC[C@H](NC(=O)c1ccc(NCc2cnc3nc(N)[nH]c(=O)c3n2)cc1)C(=O)O)(COCCC(=O)NCCOCCOCCCC(=O)CC[C@H](NC(=O)c1ccc(NCc2cnc3nc(N)[nH]c(=O)c3n2)cc1)C(=O)O)COCCC(=O)NCCOCCOCCCC(=O)CC[C@H](NC(=O)c1ccc(NCc2cnc3nc(N)[nH]c(=O)c3n2)cc1)C(=O)O. The summed E-state index contributed by atoms with van der Waals surface area (Å²) < 4.78 is 51.6. The summed E-state index contributed by atoms with van der Waals surface area (Å²) in [6, 6.07) is 14.5. The summed E-state index contributed by atoms with van der Waals surface area (Å²) in [5.41, 5.74) is 17.9. The Morgan fingerprint density at radius 3 is 0.870 bits per heavy atom. The molecule has 0 unspecified atom stereocenters. The lowest BCUT2D eigenvalue weighted by molar-refractivity contribution is -0.140. The molecule has 0 saturated heterocycles. The van der Waals surface area contributed by atoms with Gasteiger partial charge in [-0.05, 0) is 118 Å². The first-order valence-electron chi connectivity index (χ1n) is 47.0. The fraction of sp³-hybridized carbons (Fsp3) is 0.479. The van der Waals surface area contributed by atoms with Crippen LogP contribution in [0.4, 0.5) is 34.9 Å². The molecule has 21 N–H and O–H groups in total. The van der Waals surface area contributed by atoms with Crippen LogP contribution in [0.15, 0.2) is 106 Å². The monoisotopic (exact) mass is 2030 g/mol. The zero-order chi connectivity index (χ0) is 105. The van der Waals surface area contributed by atoms with Crippen molar-refractivity contribution in [1.82, 2.24) is 91.7 Å². The highest BCUT2D eigenvalue weighted by Crippen LogP contribution is 2.27. The van der Waals surface area contributed by atoms with Crippen LogP contribution in [-0.4, -0.2) is 308 Å². The van der Waals surface area contributed by atoms with Crippen LogP contribution in [0.3, 0.4) is 0 Å². The number of aromatic amines is 3. The van der Waals surface area contributed by atoms with Crippen molar-refractivity contribution >= 4 is 145 Å². The van der Waals surface area contributed by atoms with E-state index in [0.29, 0.717) is 53.4 Å². The van der Waals surface area contributed by atoms with E-state index < -0.39 is 75.8 Å². The molecule has 0 fully saturated rings. The molecule has 6 aromatic heterocycles. The Morgan fingerprint density at radius 2 is 0.610 bits per heavy atom. The topological polar surface area (TPSA) is 767 Å². The molecule has 3 atom stereocenters. The van der Waals surface area contributed by atoms with Crippen LogP contribution < -0.4 is 81.7 Å². The molecule has 0 saturated carbocycles. The molecular weight excluding hydrogens is 1910 g/mol. The number of nitrogen functional groups attached to an aromatic ring is 3. The molecule has 3 aromatic carbocycles. The minimum atomic E-state index is -1.34. The van der Waals surface area contributed by atoms with Crippen molar-refractivity contribution in [2.75, 3.05) is 172 Å². The number of ether oxygens (including phenoxy) is 9. The zero-order valence-electron chi connectivity index (χ0n) is 80.5. The highest BCUT2D eigenvalue weighted by atomic mass is 16.5. The molecule has 6 amide bonds. The van der Waals surface area contributed by atoms with E-state index in [4.69, 9.17) is 59.8 Å². The van der Waals surface area contributed by atoms with Crippen LogP contribution in [0.2, 0.25) is 0 Å². The summed E-state index contributed by atoms with van der Waals surface area (Å²) in [5.74, 6) is -8.21. The van der Waals surface area contributed by atoms with Gasteiger partial charge < -0.3 is 128 Å². The maximum absolute atomic E-state index is 13.0. The van der Waals surface area contributed by atoms with Crippen LogP contribution in [-0.2, 0) is 110 Å². The number of H-pyrrole nitrogens is 3. The summed E-state index contributed by atoms with van der Waals surface area (Å²) in [6.07, 6.45) is 4.51. The number of carboxylic acid groups (broad SMARTS) is 3. The molecule has 0 aliphatic carbocycles. The number of ketones is 4. The molecule has 9 aromatic rings. The van der Waals surface area contributed by atoms with Crippen LogP contribution in [0.5, 0.6) is 0 Å². The number of benzene rings is 3. The average Bonchev–Trinajstić information content (AvgIpc) is 0.813. The van der Waals surface area contributed by atoms with Crippen molar-refractivity contribution in [3.63, 3.8) is 0 Å². The standard InChI is InChI=1S/C94H122N24O28/c1-57(119)47-94(54-144-35-26-73(123)98-29-38-141-44-41-138-32-2-5-67(120)20-23-70(88(132)133)110-82(126)58-8-14-61(15-9-58)101-48-64-51-104-79-76(107-64)85(129)116-91(95)113-79,55-145-36-27-74(124)99-30-39-142-45-42-139-33-3-6-68(121)21-24-71(89(134)135)111-83(127)59-10-16-62(17-11-59)102-49-65-52-105-80-77(108-65)86(130)117-92(96)114-80)56-146-37-28-75(125)100-31-40-143-46-43-140-34-4-7-69(122)22-25-72(90(136)137)112-84(128)60-12-18-63(19-13-60)103-50-66-53-106-81-78(109-66)87(131)118-93(97)115-81/h8-19,51-53,70-72,101-103H,2-7,20-50,54-56H2,1H3,(H,98,123)(H,99,124)(H,100,125)(H,110,126)(H,111,127)(H,112,128)(H,132,133)(H,134,135)(H,136,137)(H3,95,104,113,116,129)(H3,96,105,114,117,130)(H3,97,106,115,118,131)/t70-,71-,72-/m0/s1. The van der Waals surface area contributed by atoms with Gasteiger partial charge in [-0.2, -0.15) is 15.0 Å². The number of carbonyl (C=O) groups excluding carboxylic acids is 10. The van der Waals surface area contributed by atoms with Crippen LogP contribution >= 0.6 is 0 Å². The molecule has 0 radical (unpaired) electrons. The molecule has 52 heteroatoms. The smallest absolute Gasteiger partial charge is 0.326 e. The highest BCUT2D eigenvalue weighted by Gasteiger charge is 2.35. The van der Waals surface area contributed by atoms with Gasteiger partial charge in [0.1, 0.15) is 41.3 Å². The van der Waals surface area contributed by atoms with Crippen LogP contribution in [0, 0.1) is 5.41 Å². The largest absolute Gasteiger partial charge is 0.480 e. The fourth-order valence-corrected chi connectivity index (χ4v) is 14.1. The Hall–Kier alpha value is -15.3. The van der Waals surface area contributed by atoms with E-state index >= 15 is 0 Å². The molecule has 146 heavy (non-hydrogen) atoms. The van der Waals surface area contributed by atoms with Crippen molar-refractivity contribution in [2.24, 2.45) is 5.41 Å². The van der Waals surface area contributed by atoms with Gasteiger partial charge in [0.15, 0.2) is 33.5 Å². The molecule has 0 aliphatic rings. The normalized spacial score (nSPS) is 12.0. The maximum atomic E-state index is 13.0. The van der Waals surface area contributed by atoms with Gasteiger partial charge in [0.2, 0.25) is 35.6 Å². The van der Waals surface area contributed by atoms with E-state index in [-0.39, 0.29) is 351 Å². The van der Waals surface area contributed by atoms with Crippen molar-refractivity contribution in [1.29, 1.82) is 0 Å². The number of hydrogen-bond donors (Lipinski definition) is 18. The van der Waals surface area contributed by atoms with E-state index in [2.05, 4.69) is 108 Å². The first-order valence-corrected chi connectivity index (χ1v) is 47.0. The Kier molecular flexibility index (Phi) is 48.2. The molecule has 0 spiro atoms. The molecule has 52 nitrogen and oxygen atoms in total. The quantitative estimate of drug-likeness (QED) is 0.0239. The van der Waals surface area contributed by atoms with Crippen molar-refractivity contribution in [3.05, 3.63) is 156 Å². The minimum Gasteiger partial charge on any atom is -0.480 e. The Bertz CT molecular complexity index is 5500. The Morgan fingerprint density at radius 1 is 0.342 bits per heavy atom. The Balaban J connectivity index is 0.612. The second-order valence-electron chi connectivity index (χ2n) is 33.4. The van der Waals surface area contributed by atoms with E-state index in [0.717, 1.165) is 0 Å². The number of anilines is 6. The summed E-state index contributed by atoms with van der Waals surface area (Å²) in [6.45, 7) is 3.68. The number of aromatic nitrogens is 12. The number of aliphatic carboxylic acids is 3. The number of nitrogens with zero attached hydrogens (tertiary/aromatic N) is 9. The van der Waals surface area contributed by atoms with E-state index in [1.165, 1.54) is 61.9 Å². The summed E-state index contributed by atoms with van der Waals surface area (Å²) in [4.78, 5) is 246. The molecular formula is C94H122N24O28. The third-order valence-electron chi connectivity index (χ3n) is 21.6. The van der Waals surface area contributed by atoms with Crippen LogP contribution in [0.25, 0.3) is 33.5 Å². The van der Waals surface area contributed by atoms with Crippen LogP contribution in [0.1, 0.15) is 158 Å². The number of rotatable bonds is 74. The first-order chi connectivity index (χ1) is 70.3. The lowest BCUT2D eigenvalue weighted by Gasteiger charge is -2.32. The number of nitrogens with two attached hydrogens (primary N) is 3. The summed E-state index contributed by atoms with van der Waals surface area (Å²) in [5, 5.41) is 54.5. The molecule has 9 rings (SSSR count). The maximum Gasteiger partial charge on any atom is 0.326 e. The number of fused-ring (bicyclic) bond motifs is 3. The predicted molar refractivity (Wildman–Crippen MR) is 523 cm³/mol. The van der Waals surface area contributed by atoms with E-state index in [9.17, 15) is 92.0 Å². The van der Waals surface area contributed by atoms with Gasteiger partial charge in [-0.1, -0.05) is 0 Å². The van der Waals surface area contributed by atoms with Gasteiger partial charge in [0, 0.05) is 143 Å². The molecule has 6 heterocycles. The zero-order valence-corrected chi connectivity index (χ0v) is 80.5. The van der Waals surface area contributed by atoms with Crippen molar-refractivity contribution in [3.8, 4) is 0 Å². The highest BCUT2D eigenvalue weighted by molar-refractivity contribution is 5.99. The fourth-order valence-electron chi connectivity index (χ4n) is 14.1. The van der Waals surface area contributed by atoms with Gasteiger partial charge in [-0.3, -0.25) is 72.5 Å². The number of hydrogen-bond acceptors (Lipinski definition) is 40. The molecule has 0 aliphatic heterocycles. The number of nitrogens with one attached hydrogen (secondary N) is 12. The van der Waals surface area contributed by atoms with Gasteiger partial charge in [0.25, 0.3) is 34.4 Å². The van der Waals surface area contributed by atoms with Gasteiger partial charge in [-0.15, -0.1) is 0 Å². The summed E-state index contributed by atoms with van der Waals surface area (Å²) >= 11 is 0. The third kappa shape index (κ3) is 41.9. The minimum absolute atomic E-state index is 0.0156. The second kappa shape index (κ2) is 61.6. The lowest BCUT2D eigenvalue weighted by atomic mass is 9.85. The third-order valence-corrected chi connectivity index (χ3v) is 21.6. The van der Waals surface area contributed by atoms with Gasteiger partial charge in [-0.25, -0.2) is 44.3 Å². The van der Waals surface area contributed by atoms with E-state index in [1.807, 2.05) is 0 Å². The number of Topliss-reactive ketones (excluding diaryl/α,β-unsaturated/α-hetero) is 4. The van der Waals surface area contributed by atoms with Gasteiger partial charge in [0.05, 0.1) is 154 Å². The second-order valence-corrected chi connectivity index (χ2v) is 33.4. The molecule has 786 valence electrons. The average molecular weight is 2040 g/mol. The number of carboxylic acids is 3. The Labute approximate surface area is 834 Å².